The van der Waals surface area contributed by atoms with E-state index in [1.165, 1.54) is 6.07 Å². The maximum atomic E-state index is 13.5. The van der Waals surface area contributed by atoms with Crippen molar-refractivity contribution in [2.45, 2.75) is 19.4 Å². The van der Waals surface area contributed by atoms with Crippen LogP contribution in [0.5, 0.6) is 11.5 Å². The lowest BCUT2D eigenvalue weighted by Gasteiger charge is -2.10. The van der Waals surface area contributed by atoms with Crippen LogP contribution in [-0.4, -0.2) is 33.2 Å². The molecule has 6 heteroatoms. The predicted octanol–water partition coefficient (Wildman–Crippen LogP) is 2.68. The highest BCUT2D eigenvalue weighted by atomic mass is 19.1. The predicted molar refractivity (Wildman–Crippen MR) is 99.0 cm³/mol. The molecule has 2 N–H and O–H groups in total. The molecule has 0 aromatic heterocycles. The summed E-state index contributed by atoms with van der Waals surface area (Å²) in [4.78, 5) is 11.9. The molecule has 2 aromatic rings. The zero-order chi connectivity index (χ0) is 18.8. The summed E-state index contributed by atoms with van der Waals surface area (Å²) in [5, 5.41) is 5.96. The molecule has 140 valence electrons. The van der Waals surface area contributed by atoms with Crippen molar-refractivity contribution in [2.75, 3.05) is 27.3 Å². The number of hydrogen-bond acceptors (Lipinski definition) is 4. The quantitative estimate of drug-likeness (QED) is 0.640. The van der Waals surface area contributed by atoms with Gasteiger partial charge in [-0.15, -0.1) is 0 Å². The van der Waals surface area contributed by atoms with E-state index < -0.39 is 0 Å². The molecule has 0 saturated carbocycles. The maximum absolute atomic E-state index is 13.5. The third-order valence-corrected chi connectivity index (χ3v) is 3.99. The number of rotatable bonds is 10. The van der Waals surface area contributed by atoms with Gasteiger partial charge in [-0.3, -0.25) is 4.79 Å². The zero-order valence-electron chi connectivity index (χ0n) is 15.2. The lowest BCUT2D eigenvalue weighted by molar-refractivity contribution is -0.120. The monoisotopic (exact) mass is 360 g/mol. The number of benzene rings is 2. The fourth-order valence-corrected chi connectivity index (χ4v) is 2.54. The lowest BCUT2D eigenvalue weighted by atomic mass is 10.1. The molecule has 0 radical (unpaired) electrons. The van der Waals surface area contributed by atoms with Gasteiger partial charge in [0.2, 0.25) is 5.91 Å². The first-order valence-electron chi connectivity index (χ1n) is 8.55. The molecule has 0 aliphatic heterocycles. The molecular weight excluding hydrogens is 335 g/mol. The molecule has 0 atom stereocenters. The average molecular weight is 360 g/mol. The van der Waals surface area contributed by atoms with E-state index in [2.05, 4.69) is 10.6 Å². The summed E-state index contributed by atoms with van der Waals surface area (Å²) < 4.78 is 23.9. The number of carbonyl (C=O) groups is 1. The van der Waals surface area contributed by atoms with E-state index >= 15 is 0 Å². The first kappa shape index (κ1) is 19.7. The van der Waals surface area contributed by atoms with Crippen molar-refractivity contribution >= 4 is 5.91 Å². The average Bonchev–Trinajstić information content (AvgIpc) is 2.66. The largest absolute Gasteiger partial charge is 0.493 e. The second kappa shape index (κ2) is 10.4. The fraction of sp³-hybridized carbons (Fsp3) is 0.350. The van der Waals surface area contributed by atoms with Crippen LogP contribution in [0.2, 0.25) is 0 Å². The van der Waals surface area contributed by atoms with Crippen molar-refractivity contribution in [1.82, 2.24) is 10.6 Å². The molecular formula is C20H25FN2O3. The number of halogens is 1. The first-order valence-corrected chi connectivity index (χ1v) is 8.55. The van der Waals surface area contributed by atoms with Gasteiger partial charge >= 0.3 is 0 Å². The summed E-state index contributed by atoms with van der Waals surface area (Å²) in [5.74, 6) is 1.08. The van der Waals surface area contributed by atoms with E-state index in [-0.39, 0.29) is 11.7 Å². The number of hydrogen-bond donors (Lipinski definition) is 2. The van der Waals surface area contributed by atoms with E-state index in [9.17, 15) is 9.18 Å². The number of nitrogens with one attached hydrogen (secondary N) is 2. The van der Waals surface area contributed by atoms with Gasteiger partial charge in [-0.2, -0.15) is 0 Å². The number of carbonyl (C=O) groups excluding carboxylic acids is 1. The highest BCUT2D eigenvalue weighted by Crippen LogP contribution is 2.27. The standard InChI is InChI=1S/C20H25FN2O3/c1-25-18-8-7-15(13-19(18)26-2)9-12-23-20(24)10-11-22-14-16-5-3-4-6-17(16)21/h3-8,13,22H,9-12,14H2,1-2H3,(H,23,24). The molecule has 0 aliphatic rings. The molecule has 0 unspecified atom stereocenters. The molecule has 0 spiro atoms. The van der Waals surface area contributed by atoms with Crippen molar-refractivity contribution < 1.29 is 18.7 Å². The topological polar surface area (TPSA) is 59.6 Å². The van der Waals surface area contributed by atoms with E-state index in [0.29, 0.717) is 49.5 Å². The third kappa shape index (κ3) is 6.04. The molecule has 1 amide bonds. The summed E-state index contributed by atoms with van der Waals surface area (Å²) in [6.45, 7) is 1.45. The van der Waals surface area contributed by atoms with E-state index in [0.717, 1.165) is 5.56 Å². The van der Waals surface area contributed by atoms with Crippen molar-refractivity contribution in [3.05, 3.63) is 59.4 Å². The van der Waals surface area contributed by atoms with Crippen LogP contribution >= 0.6 is 0 Å². The highest BCUT2D eigenvalue weighted by Gasteiger charge is 2.06. The van der Waals surface area contributed by atoms with Crippen LogP contribution in [0.4, 0.5) is 4.39 Å². The van der Waals surface area contributed by atoms with Gasteiger partial charge in [-0.25, -0.2) is 4.39 Å². The van der Waals surface area contributed by atoms with E-state index in [1.54, 1.807) is 32.4 Å². The Bertz CT molecular complexity index is 722. The van der Waals surface area contributed by atoms with Crippen LogP contribution in [0.25, 0.3) is 0 Å². The van der Waals surface area contributed by atoms with Gasteiger partial charge in [-0.05, 0) is 30.2 Å². The van der Waals surface area contributed by atoms with Crippen LogP contribution in [0.1, 0.15) is 17.5 Å². The second-order valence-corrected chi connectivity index (χ2v) is 5.81. The Hall–Kier alpha value is -2.60. The summed E-state index contributed by atoms with van der Waals surface area (Å²) in [7, 11) is 3.19. The summed E-state index contributed by atoms with van der Waals surface area (Å²) in [6, 6.07) is 12.3. The smallest absolute Gasteiger partial charge is 0.221 e. The molecule has 26 heavy (non-hydrogen) atoms. The molecule has 2 aromatic carbocycles. The number of methoxy groups -OCH3 is 2. The molecule has 5 nitrogen and oxygen atoms in total. The van der Waals surface area contributed by atoms with Crippen molar-refractivity contribution in [3.63, 3.8) is 0 Å². The Labute approximate surface area is 153 Å². The molecule has 0 heterocycles. The van der Waals surface area contributed by atoms with Crippen molar-refractivity contribution in [3.8, 4) is 11.5 Å². The van der Waals surface area contributed by atoms with Gasteiger partial charge in [-0.1, -0.05) is 24.3 Å². The fourth-order valence-electron chi connectivity index (χ4n) is 2.54. The maximum Gasteiger partial charge on any atom is 0.221 e. The Kier molecular flexibility index (Phi) is 7.89. The van der Waals surface area contributed by atoms with Gasteiger partial charge in [0.25, 0.3) is 0 Å². The van der Waals surface area contributed by atoms with Gasteiger partial charge in [0, 0.05) is 31.6 Å². The highest BCUT2D eigenvalue weighted by molar-refractivity contribution is 5.76. The van der Waals surface area contributed by atoms with Crippen LogP contribution in [0.15, 0.2) is 42.5 Å². The van der Waals surface area contributed by atoms with Crippen LogP contribution in [-0.2, 0) is 17.8 Å². The zero-order valence-corrected chi connectivity index (χ0v) is 15.2. The van der Waals surface area contributed by atoms with Gasteiger partial charge < -0.3 is 20.1 Å². The number of amides is 1. The SMILES string of the molecule is COc1ccc(CCNC(=O)CCNCc2ccccc2F)cc1OC. The molecule has 2 rings (SSSR count). The third-order valence-electron chi connectivity index (χ3n) is 3.99. The Balaban J connectivity index is 1.65. The minimum atomic E-state index is -0.237. The minimum Gasteiger partial charge on any atom is -0.493 e. The molecule has 0 bridgehead atoms. The van der Waals surface area contributed by atoms with Crippen LogP contribution in [0.3, 0.4) is 0 Å². The van der Waals surface area contributed by atoms with Crippen LogP contribution < -0.4 is 20.1 Å². The van der Waals surface area contributed by atoms with Gasteiger partial charge in [0.1, 0.15) is 5.82 Å². The Morgan fingerprint density at radius 1 is 1.04 bits per heavy atom. The molecule has 0 aliphatic carbocycles. The minimum absolute atomic E-state index is 0.0356. The lowest BCUT2D eigenvalue weighted by Crippen LogP contribution is -2.29. The summed E-state index contributed by atoms with van der Waals surface area (Å²) in [5.41, 5.74) is 1.65. The van der Waals surface area contributed by atoms with Crippen molar-refractivity contribution in [2.24, 2.45) is 0 Å². The van der Waals surface area contributed by atoms with Crippen LogP contribution in [0, 0.1) is 5.82 Å². The first-order chi connectivity index (χ1) is 12.6. The Morgan fingerprint density at radius 2 is 1.81 bits per heavy atom. The van der Waals surface area contributed by atoms with Crippen molar-refractivity contribution in [1.29, 1.82) is 0 Å². The molecule has 0 saturated heterocycles. The van der Waals surface area contributed by atoms with Gasteiger partial charge in [0.05, 0.1) is 14.2 Å². The van der Waals surface area contributed by atoms with E-state index in [1.807, 2.05) is 18.2 Å². The van der Waals surface area contributed by atoms with E-state index in [4.69, 9.17) is 9.47 Å². The second-order valence-electron chi connectivity index (χ2n) is 5.81. The van der Waals surface area contributed by atoms with Gasteiger partial charge in [0.15, 0.2) is 11.5 Å². The Morgan fingerprint density at radius 3 is 2.54 bits per heavy atom. The number of ether oxygens (including phenoxy) is 2. The molecule has 0 fully saturated rings. The normalized spacial score (nSPS) is 10.4. The summed E-state index contributed by atoms with van der Waals surface area (Å²) in [6.07, 6.45) is 1.05. The summed E-state index contributed by atoms with van der Waals surface area (Å²) >= 11 is 0.